The second-order valence-electron chi connectivity index (χ2n) is 12.8. The van der Waals surface area contributed by atoms with Gasteiger partial charge in [0.15, 0.2) is 0 Å². The van der Waals surface area contributed by atoms with E-state index in [0.29, 0.717) is 30.6 Å². The Morgan fingerprint density at radius 1 is 0.841 bits per heavy atom. The van der Waals surface area contributed by atoms with E-state index >= 15 is 0 Å². The number of carbonyl (C=O) groups excluding carboxylic acids is 4. The van der Waals surface area contributed by atoms with Crippen LogP contribution >= 0.6 is 0 Å². The van der Waals surface area contributed by atoms with E-state index in [1.165, 1.54) is 11.0 Å². The third-order valence-electron chi connectivity index (χ3n) is 7.32. The number of hydrogen-bond donors (Lipinski definition) is 4. The van der Waals surface area contributed by atoms with Crippen LogP contribution in [-0.4, -0.2) is 70.4 Å². The molecular formula is C34H51N5O5. The summed E-state index contributed by atoms with van der Waals surface area (Å²) < 4.78 is 0. The van der Waals surface area contributed by atoms with Crippen molar-refractivity contribution in [2.75, 3.05) is 13.6 Å². The maximum Gasteiger partial charge on any atom is 0.253 e. The number of nitrogens with zero attached hydrogens (tertiary/aromatic N) is 2. The van der Waals surface area contributed by atoms with Gasteiger partial charge in [0.1, 0.15) is 6.04 Å². The molecular weight excluding hydrogens is 558 g/mol. The normalized spacial score (nSPS) is 14.1. The Morgan fingerprint density at radius 3 is 2.11 bits per heavy atom. The first-order valence-electron chi connectivity index (χ1n) is 15.5. The number of aliphatic hydroxyl groups excluding tert-OH is 1. The van der Waals surface area contributed by atoms with Crippen molar-refractivity contribution >= 4 is 23.6 Å². The molecule has 0 spiro atoms. The van der Waals surface area contributed by atoms with Gasteiger partial charge in [-0.25, -0.2) is 0 Å². The quantitative estimate of drug-likeness (QED) is 0.228. The van der Waals surface area contributed by atoms with Gasteiger partial charge < -0.3 is 26.0 Å². The first-order valence-corrected chi connectivity index (χ1v) is 15.5. The fourth-order valence-corrected chi connectivity index (χ4v) is 4.77. The number of amides is 4. The molecule has 0 saturated heterocycles. The van der Waals surface area contributed by atoms with Gasteiger partial charge in [-0.2, -0.15) is 0 Å². The highest BCUT2D eigenvalue weighted by atomic mass is 16.3. The average molecular weight is 610 g/mol. The summed E-state index contributed by atoms with van der Waals surface area (Å²) in [5.41, 5.74) is 1.40. The highest BCUT2D eigenvalue weighted by Crippen LogP contribution is 2.18. The Bertz CT molecular complexity index is 1230. The van der Waals surface area contributed by atoms with Crippen molar-refractivity contribution in [2.45, 2.75) is 86.0 Å². The van der Waals surface area contributed by atoms with Gasteiger partial charge in [-0.05, 0) is 60.9 Å². The molecule has 1 heterocycles. The number of aromatic nitrogens is 1. The Kier molecular flexibility index (Phi) is 14.5. The number of pyridine rings is 1. The maximum atomic E-state index is 13.3. The van der Waals surface area contributed by atoms with Gasteiger partial charge in [0, 0.05) is 36.8 Å². The third kappa shape index (κ3) is 11.7. The van der Waals surface area contributed by atoms with Crippen molar-refractivity contribution in [1.82, 2.24) is 25.8 Å². The summed E-state index contributed by atoms with van der Waals surface area (Å²) in [5, 5.41) is 19.8. The molecule has 2 aromatic rings. The zero-order chi connectivity index (χ0) is 33.0. The number of benzene rings is 1. The summed E-state index contributed by atoms with van der Waals surface area (Å²) in [6.07, 6.45) is 1.24. The lowest BCUT2D eigenvalue weighted by molar-refractivity contribution is -0.132. The molecule has 10 heteroatoms. The van der Waals surface area contributed by atoms with E-state index < -0.39 is 30.0 Å². The third-order valence-corrected chi connectivity index (χ3v) is 7.32. The molecule has 0 aliphatic heterocycles. The Labute approximate surface area is 262 Å². The van der Waals surface area contributed by atoms with Gasteiger partial charge in [0.2, 0.25) is 11.8 Å². The van der Waals surface area contributed by atoms with E-state index in [-0.39, 0.29) is 41.9 Å². The van der Waals surface area contributed by atoms with E-state index in [1.807, 2.05) is 59.7 Å². The molecule has 1 aromatic carbocycles. The van der Waals surface area contributed by atoms with Crippen LogP contribution < -0.4 is 16.0 Å². The van der Waals surface area contributed by atoms with Crippen molar-refractivity contribution in [1.29, 1.82) is 0 Å². The van der Waals surface area contributed by atoms with Crippen LogP contribution in [0.2, 0.25) is 0 Å². The minimum absolute atomic E-state index is 0.0960. The van der Waals surface area contributed by atoms with Crippen LogP contribution in [0.4, 0.5) is 0 Å². The Hall–Kier alpha value is -3.79. The molecule has 0 aliphatic rings. The van der Waals surface area contributed by atoms with Crippen molar-refractivity contribution in [3.63, 3.8) is 0 Å². The lowest BCUT2D eigenvalue weighted by atomic mass is 9.91. The van der Waals surface area contributed by atoms with Crippen LogP contribution in [0.3, 0.4) is 0 Å². The van der Waals surface area contributed by atoms with Crippen molar-refractivity contribution in [2.24, 2.45) is 23.7 Å². The second kappa shape index (κ2) is 17.5. The molecule has 44 heavy (non-hydrogen) atoms. The molecule has 0 bridgehead atoms. The smallest absolute Gasteiger partial charge is 0.253 e. The number of hydrogen-bond acceptors (Lipinski definition) is 6. The molecule has 0 aliphatic carbocycles. The standard InChI is InChI=1S/C34H51N5O5/c1-21(2)16-28(29(40)17-24(7)31(41)38-30(23(5)6)33(43)36-19-22(3)4)37-32(42)25-12-11-13-26(18-25)34(44)39(8)20-27-14-9-10-15-35-27/h9-15,18,21-24,28-30,40H,16-17,19-20H2,1-8H3,(H,36,43)(H,37,42)(H,38,41). The van der Waals surface area contributed by atoms with Crippen molar-refractivity contribution in [3.05, 3.63) is 65.5 Å². The highest BCUT2D eigenvalue weighted by Gasteiger charge is 2.30. The molecule has 4 N–H and O–H groups in total. The summed E-state index contributed by atoms with van der Waals surface area (Å²) in [7, 11) is 1.68. The fraction of sp³-hybridized carbons (Fsp3) is 0.559. The number of rotatable bonds is 16. The number of aliphatic hydroxyl groups is 1. The first kappa shape index (κ1) is 36.4. The predicted molar refractivity (Wildman–Crippen MR) is 172 cm³/mol. The molecule has 4 unspecified atom stereocenters. The lowest BCUT2D eigenvalue weighted by Crippen LogP contribution is -2.52. The first-order chi connectivity index (χ1) is 20.7. The molecule has 4 amide bonds. The summed E-state index contributed by atoms with van der Waals surface area (Å²) >= 11 is 0. The van der Waals surface area contributed by atoms with Gasteiger partial charge in [-0.1, -0.05) is 60.6 Å². The molecule has 4 atom stereocenters. The molecule has 1 aromatic heterocycles. The molecule has 10 nitrogen and oxygen atoms in total. The SMILES string of the molecule is CC(C)CNC(=O)C(NC(=O)C(C)CC(O)C(CC(C)C)NC(=O)c1cccc(C(=O)N(C)Cc2ccccn2)c1)C(C)C. The lowest BCUT2D eigenvalue weighted by Gasteiger charge is -2.29. The summed E-state index contributed by atoms with van der Waals surface area (Å²) in [6.45, 7) is 14.3. The van der Waals surface area contributed by atoms with E-state index in [2.05, 4.69) is 20.9 Å². The maximum absolute atomic E-state index is 13.3. The minimum atomic E-state index is -1.01. The van der Waals surface area contributed by atoms with Gasteiger partial charge in [-0.3, -0.25) is 24.2 Å². The average Bonchev–Trinajstić information content (AvgIpc) is 2.97. The molecule has 0 fully saturated rings. The predicted octanol–water partition coefficient (Wildman–Crippen LogP) is 3.80. The zero-order valence-corrected chi connectivity index (χ0v) is 27.5. The van der Waals surface area contributed by atoms with E-state index in [9.17, 15) is 24.3 Å². The molecule has 242 valence electrons. The summed E-state index contributed by atoms with van der Waals surface area (Å²) in [5.74, 6) is -1.52. The van der Waals surface area contributed by atoms with Crippen LogP contribution in [0.1, 0.15) is 87.7 Å². The van der Waals surface area contributed by atoms with Crippen LogP contribution in [0, 0.1) is 23.7 Å². The van der Waals surface area contributed by atoms with E-state index in [4.69, 9.17) is 0 Å². The minimum Gasteiger partial charge on any atom is -0.391 e. The largest absolute Gasteiger partial charge is 0.391 e. The van der Waals surface area contributed by atoms with E-state index in [1.54, 1.807) is 38.4 Å². The monoisotopic (exact) mass is 609 g/mol. The Balaban J connectivity index is 2.08. The zero-order valence-electron chi connectivity index (χ0n) is 27.5. The van der Waals surface area contributed by atoms with Gasteiger partial charge in [0.05, 0.1) is 24.4 Å². The van der Waals surface area contributed by atoms with Crippen LogP contribution in [0.25, 0.3) is 0 Å². The topological polar surface area (TPSA) is 141 Å². The van der Waals surface area contributed by atoms with Gasteiger partial charge in [0.25, 0.3) is 11.8 Å². The van der Waals surface area contributed by atoms with Crippen LogP contribution in [-0.2, 0) is 16.1 Å². The van der Waals surface area contributed by atoms with Crippen LogP contribution in [0.15, 0.2) is 48.7 Å². The molecule has 2 rings (SSSR count). The second-order valence-corrected chi connectivity index (χ2v) is 12.8. The van der Waals surface area contributed by atoms with Crippen molar-refractivity contribution < 1.29 is 24.3 Å². The van der Waals surface area contributed by atoms with E-state index in [0.717, 1.165) is 5.69 Å². The van der Waals surface area contributed by atoms with Crippen LogP contribution in [0.5, 0.6) is 0 Å². The highest BCUT2D eigenvalue weighted by molar-refractivity contribution is 5.99. The fourth-order valence-electron chi connectivity index (χ4n) is 4.77. The summed E-state index contributed by atoms with van der Waals surface area (Å²) in [6, 6.07) is 10.7. The summed E-state index contributed by atoms with van der Waals surface area (Å²) in [4.78, 5) is 58.0. The van der Waals surface area contributed by atoms with Crippen molar-refractivity contribution in [3.8, 4) is 0 Å². The Morgan fingerprint density at radius 2 is 1.52 bits per heavy atom. The number of carbonyl (C=O) groups is 4. The molecule has 0 radical (unpaired) electrons. The molecule has 0 saturated carbocycles. The van der Waals surface area contributed by atoms with Gasteiger partial charge in [-0.15, -0.1) is 0 Å². The number of nitrogens with one attached hydrogen (secondary N) is 3. The van der Waals surface area contributed by atoms with Gasteiger partial charge >= 0.3 is 0 Å².